The Hall–Kier alpha value is -2.83. The molecular formula is C23H30N2O5. The van der Waals surface area contributed by atoms with Crippen molar-refractivity contribution in [2.45, 2.75) is 52.7 Å². The molecule has 7 heteroatoms. The molecule has 2 aromatic rings. The first-order valence-corrected chi connectivity index (χ1v) is 10.5. The van der Waals surface area contributed by atoms with Gasteiger partial charge in [-0.3, -0.25) is 4.79 Å². The second-order valence-corrected chi connectivity index (χ2v) is 8.67. The molecule has 1 aromatic heterocycles. The number of rotatable bonds is 4. The summed E-state index contributed by atoms with van der Waals surface area (Å²) in [5.41, 5.74) is 0.0404. The number of hydrogen-bond donors (Lipinski definition) is 0. The topological polar surface area (TPSA) is 77.8 Å². The van der Waals surface area contributed by atoms with Crippen molar-refractivity contribution in [1.29, 1.82) is 0 Å². The smallest absolute Gasteiger partial charge is 0.410 e. The molecule has 0 saturated carbocycles. The van der Waals surface area contributed by atoms with Gasteiger partial charge in [0.15, 0.2) is 0 Å². The monoisotopic (exact) mass is 414 g/mol. The van der Waals surface area contributed by atoms with Gasteiger partial charge in [-0.2, -0.15) is 0 Å². The zero-order valence-electron chi connectivity index (χ0n) is 18.1. The quantitative estimate of drug-likeness (QED) is 0.711. The first kappa shape index (κ1) is 21.9. The number of amides is 1. The van der Waals surface area contributed by atoms with Gasteiger partial charge < -0.3 is 18.9 Å². The van der Waals surface area contributed by atoms with E-state index in [0.717, 1.165) is 18.4 Å². The van der Waals surface area contributed by atoms with Crippen molar-refractivity contribution in [3.63, 3.8) is 0 Å². The van der Waals surface area contributed by atoms with Crippen molar-refractivity contribution in [2.75, 3.05) is 19.7 Å². The summed E-state index contributed by atoms with van der Waals surface area (Å²) in [6.07, 6.45) is 2.99. The first-order valence-electron chi connectivity index (χ1n) is 10.5. The van der Waals surface area contributed by atoms with E-state index in [1.165, 1.54) is 0 Å². The predicted molar refractivity (Wildman–Crippen MR) is 115 cm³/mol. The number of para-hydroxylation sites is 1. The van der Waals surface area contributed by atoms with Crippen molar-refractivity contribution in [3.05, 3.63) is 46.2 Å². The highest BCUT2D eigenvalue weighted by atomic mass is 16.6. The number of pyridine rings is 1. The lowest BCUT2D eigenvalue weighted by molar-refractivity contribution is 0.0178. The summed E-state index contributed by atoms with van der Waals surface area (Å²) in [7, 11) is 0. The van der Waals surface area contributed by atoms with Crippen LogP contribution in [0.25, 0.3) is 10.9 Å². The Bertz CT molecular complexity index is 981. The number of nitrogens with zero attached hydrogens (tertiary/aromatic N) is 2. The molecular weight excluding hydrogens is 384 g/mol. The van der Waals surface area contributed by atoms with Crippen LogP contribution in [0.5, 0.6) is 0 Å². The van der Waals surface area contributed by atoms with Gasteiger partial charge in [0.05, 0.1) is 12.1 Å². The summed E-state index contributed by atoms with van der Waals surface area (Å²) in [6, 6.07) is 7.30. The van der Waals surface area contributed by atoms with Crippen LogP contribution < -0.4 is 5.43 Å². The van der Waals surface area contributed by atoms with Crippen LogP contribution in [-0.2, 0) is 16.0 Å². The molecule has 0 aliphatic carbocycles. The van der Waals surface area contributed by atoms with E-state index >= 15 is 0 Å². The van der Waals surface area contributed by atoms with Crippen LogP contribution in [-0.4, -0.2) is 46.8 Å². The molecule has 1 saturated heterocycles. The Balaban J connectivity index is 1.78. The molecule has 0 unspecified atom stereocenters. The molecule has 0 bridgehead atoms. The number of benzene rings is 1. The largest absolute Gasteiger partial charge is 0.462 e. The highest BCUT2D eigenvalue weighted by Crippen LogP contribution is 2.23. The molecule has 0 radical (unpaired) electrons. The van der Waals surface area contributed by atoms with Gasteiger partial charge in [-0.05, 0) is 58.6 Å². The molecule has 1 aliphatic heterocycles. The average Bonchev–Trinajstić information content (AvgIpc) is 2.69. The third kappa shape index (κ3) is 5.01. The number of esters is 1. The maximum Gasteiger partial charge on any atom is 0.410 e. The number of fused-ring (bicyclic) bond motifs is 1. The molecule has 0 N–H and O–H groups in total. The zero-order valence-corrected chi connectivity index (χ0v) is 18.1. The highest BCUT2D eigenvalue weighted by Gasteiger charge is 2.27. The van der Waals surface area contributed by atoms with Crippen LogP contribution in [0.3, 0.4) is 0 Å². The maximum absolute atomic E-state index is 12.7. The number of piperidine rings is 1. The van der Waals surface area contributed by atoms with Crippen molar-refractivity contribution >= 4 is 23.0 Å². The molecule has 1 amide bonds. The van der Waals surface area contributed by atoms with E-state index in [4.69, 9.17) is 9.47 Å². The van der Waals surface area contributed by atoms with Crippen LogP contribution in [0.15, 0.2) is 35.3 Å². The van der Waals surface area contributed by atoms with Gasteiger partial charge in [-0.15, -0.1) is 0 Å². The van der Waals surface area contributed by atoms with Gasteiger partial charge in [0.25, 0.3) is 0 Å². The number of ether oxygens (including phenoxy) is 2. The van der Waals surface area contributed by atoms with E-state index < -0.39 is 11.6 Å². The number of carbonyl (C=O) groups excluding carboxylic acids is 2. The van der Waals surface area contributed by atoms with Crippen LogP contribution in [0.2, 0.25) is 0 Å². The summed E-state index contributed by atoms with van der Waals surface area (Å²) in [5, 5.41) is 0.509. The third-order valence-corrected chi connectivity index (χ3v) is 5.20. The highest BCUT2D eigenvalue weighted by molar-refractivity contribution is 5.93. The number of carbonyl (C=O) groups is 2. The fourth-order valence-electron chi connectivity index (χ4n) is 3.75. The minimum absolute atomic E-state index is 0.0572. The van der Waals surface area contributed by atoms with Crippen molar-refractivity contribution < 1.29 is 19.1 Å². The average molecular weight is 415 g/mol. The standard InChI is InChI=1S/C23H30N2O5/c1-5-29-21(27)18-15-25(19-9-7-6-8-17(19)20(18)26)14-16-10-12-24(13-11-16)22(28)30-23(2,3)4/h6-9,15-16H,5,10-14H2,1-4H3. The van der Waals surface area contributed by atoms with Crippen molar-refractivity contribution in [3.8, 4) is 0 Å². The molecule has 162 valence electrons. The molecule has 0 atom stereocenters. The summed E-state index contributed by atoms with van der Waals surface area (Å²) >= 11 is 0. The number of aromatic nitrogens is 1. The lowest BCUT2D eigenvalue weighted by Gasteiger charge is -2.34. The normalized spacial score (nSPS) is 15.3. The minimum atomic E-state index is -0.596. The summed E-state index contributed by atoms with van der Waals surface area (Å²) < 4.78 is 12.5. The molecule has 1 aliphatic rings. The Labute approximate surface area is 176 Å². The molecule has 3 rings (SSSR count). The summed E-state index contributed by atoms with van der Waals surface area (Å²) in [5.74, 6) is -0.272. The molecule has 1 fully saturated rings. The molecule has 30 heavy (non-hydrogen) atoms. The van der Waals surface area contributed by atoms with Gasteiger partial charge >= 0.3 is 12.1 Å². The Morgan fingerprint density at radius 3 is 2.43 bits per heavy atom. The van der Waals surface area contributed by atoms with E-state index in [0.29, 0.717) is 30.9 Å². The summed E-state index contributed by atoms with van der Waals surface area (Å²) in [4.78, 5) is 39.1. The second-order valence-electron chi connectivity index (χ2n) is 8.67. The van der Waals surface area contributed by atoms with Gasteiger partial charge in [-0.1, -0.05) is 12.1 Å². The Kier molecular flexibility index (Phi) is 6.48. The third-order valence-electron chi connectivity index (χ3n) is 5.20. The minimum Gasteiger partial charge on any atom is -0.462 e. The fraction of sp³-hybridized carbons (Fsp3) is 0.522. The Morgan fingerprint density at radius 1 is 1.13 bits per heavy atom. The molecule has 2 heterocycles. The lowest BCUT2D eigenvalue weighted by atomic mass is 9.96. The SMILES string of the molecule is CCOC(=O)c1cn(CC2CCN(C(=O)OC(C)(C)C)CC2)c2ccccc2c1=O. The molecule has 7 nitrogen and oxygen atoms in total. The molecule has 0 spiro atoms. The van der Waals surface area contributed by atoms with Gasteiger partial charge in [0, 0.05) is 31.2 Å². The Morgan fingerprint density at radius 2 is 1.80 bits per heavy atom. The molecule has 1 aromatic carbocycles. The number of likely N-dealkylation sites (tertiary alicyclic amines) is 1. The first-order chi connectivity index (χ1) is 14.2. The van der Waals surface area contributed by atoms with Crippen molar-refractivity contribution in [2.24, 2.45) is 5.92 Å². The van der Waals surface area contributed by atoms with E-state index in [9.17, 15) is 14.4 Å². The van der Waals surface area contributed by atoms with Crippen LogP contribution in [0.4, 0.5) is 4.79 Å². The van der Waals surface area contributed by atoms with Gasteiger partial charge in [0.1, 0.15) is 11.2 Å². The maximum atomic E-state index is 12.7. The zero-order chi connectivity index (χ0) is 21.9. The van der Waals surface area contributed by atoms with Crippen LogP contribution >= 0.6 is 0 Å². The van der Waals surface area contributed by atoms with Gasteiger partial charge in [-0.25, -0.2) is 9.59 Å². The van der Waals surface area contributed by atoms with Crippen molar-refractivity contribution in [1.82, 2.24) is 9.47 Å². The van der Waals surface area contributed by atoms with E-state index in [1.54, 1.807) is 30.2 Å². The second kappa shape index (κ2) is 8.90. The van der Waals surface area contributed by atoms with E-state index in [2.05, 4.69) is 0 Å². The van der Waals surface area contributed by atoms with Gasteiger partial charge in [0.2, 0.25) is 5.43 Å². The fourth-order valence-corrected chi connectivity index (χ4v) is 3.75. The predicted octanol–water partition coefficient (Wildman–Crippen LogP) is 3.83. The van der Waals surface area contributed by atoms with Crippen LogP contribution in [0.1, 0.15) is 50.9 Å². The van der Waals surface area contributed by atoms with E-state index in [1.807, 2.05) is 37.5 Å². The van der Waals surface area contributed by atoms with Crippen LogP contribution in [0, 0.1) is 5.92 Å². The number of hydrogen-bond acceptors (Lipinski definition) is 5. The lowest BCUT2D eigenvalue weighted by Crippen LogP contribution is -2.42. The van der Waals surface area contributed by atoms with E-state index in [-0.39, 0.29) is 23.7 Å². The summed E-state index contributed by atoms with van der Waals surface area (Å²) in [6.45, 7) is 9.44.